The minimum atomic E-state index is -3.36. The van der Waals surface area contributed by atoms with Gasteiger partial charge in [-0.25, -0.2) is 8.42 Å². The van der Waals surface area contributed by atoms with Gasteiger partial charge >= 0.3 is 0 Å². The molecule has 3 rings (SSSR count). The van der Waals surface area contributed by atoms with Crippen LogP contribution >= 0.6 is 0 Å². The van der Waals surface area contributed by atoms with E-state index in [0.717, 1.165) is 5.56 Å². The van der Waals surface area contributed by atoms with Crippen molar-refractivity contribution in [2.75, 3.05) is 19.1 Å². The number of nitrogens with zero attached hydrogens (tertiary/aromatic N) is 1. The van der Waals surface area contributed by atoms with Crippen LogP contribution in [-0.4, -0.2) is 43.8 Å². The van der Waals surface area contributed by atoms with E-state index in [4.69, 9.17) is 9.47 Å². The Balaban J connectivity index is 1.62. The van der Waals surface area contributed by atoms with Crippen molar-refractivity contribution < 1.29 is 22.7 Å². The number of carbonyl (C=O) groups excluding carboxylic acids is 1. The highest BCUT2D eigenvalue weighted by Crippen LogP contribution is 2.32. The molecule has 24 heavy (non-hydrogen) atoms. The third-order valence-electron chi connectivity index (χ3n) is 4.23. The lowest BCUT2D eigenvalue weighted by Gasteiger charge is -2.23. The van der Waals surface area contributed by atoms with Crippen LogP contribution in [-0.2, 0) is 21.4 Å². The van der Waals surface area contributed by atoms with Gasteiger partial charge in [0.05, 0.1) is 5.75 Å². The summed E-state index contributed by atoms with van der Waals surface area (Å²) in [6, 6.07) is 4.88. The van der Waals surface area contributed by atoms with Crippen LogP contribution in [0.15, 0.2) is 18.2 Å². The molecule has 0 saturated carbocycles. The summed E-state index contributed by atoms with van der Waals surface area (Å²) >= 11 is 0. The van der Waals surface area contributed by atoms with Crippen molar-refractivity contribution in [3.05, 3.63) is 23.8 Å². The zero-order valence-electron chi connectivity index (χ0n) is 13.7. The number of hydrogen-bond acceptors (Lipinski definition) is 5. The van der Waals surface area contributed by atoms with Gasteiger partial charge in [0.2, 0.25) is 22.7 Å². The number of benzene rings is 1. The van der Waals surface area contributed by atoms with E-state index >= 15 is 0 Å². The first kappa shape index (κ1) is 17.0. The van der Waals surface area contributed by atoms with Crippen LogP contribution in [0.5, 0.6) is 11.5 Å². The van der Waals surface area contributed by atoms with Crippen molar-refractivity contribution in [3.63, 3.8) is 0 Å². The van der Waals surface area contributed by atoms with Gasteiger partial charge in [-0.2, -0.15) is 4.31 Å². The molecule has 0 aromatic heterocycles. The minimum absolute atomic E-state index is 0.0823. The predicted molar refractivity (Wildman–Crippen MR) is 88.2 cm³/mol. The Morgan fingerprint density at radius 2 is 2.12 bits per heavy atom. The number of carbonyl (C=O) groups is 1. The Morgan fingerprint density at radius 1 is 1.33 bits per heavy atom. The van der Waals surface area contributed by atoms with Crippen molar-refractivity contribution in [2.45, 2.75) is 38.8 Å². The first-order chi connectivity index (χ1) is 11.5. The fraction of sp³-hybridized carbons (Fsp3) is 0.562. The van der Waals surface area contributed by atoms with Crippen LogP contribution in [0.2, 0.25) is 0 Å². The summed E-state index contributed by atoms with van der Waals surface area (Å²) in [5, 5.41) is 2.83. The van der Waals surface area contributed by atoms with E-state index < -0.39 is 16.1 Å². The maximum absolute atomic E-state index is 12.4. The molecule has 132 valence electrons. The van der Waals surface area contributed by atoms with Gasteiger partial charge in [0.1, 0.15) is 6.04 Å². The smallest absolute Gasteiger partial charge is 0.238 e. The minimum Gasteiger partial charge on any atom is -0.454 e. The lowest BCUT2D eigenvalue weighted by Crippen LogP contribution is -2.46. The molecule has 1 atom stereocenters. The van der Waals surface area contributed by atoms with E-state index in [2.05, 4.69) is 5.32 Å². The second-order valence-electron chi connectivity index (χ2n) is 5.99. The fourth-order valence-electron chi connectivity index (χ4n) is 3.07. The summed E-state index contributed by atoms with van der Waals surface area (Å²) < 4.78 is 36.4. The third kappa shape index (κ3) is 3.49. The van der Waals surface area contributed by atoms with Gasteiger partial charge in [0.15, 0.2) is 11.5 Å². The van der Waals surface area contributed by atoms with E-state index in [0.29, 0.717) is 43.9 Å². The molecule has 2 aliphatic heterocycles. The van der Waals surface area contributed by atoms with Crippen molar-refractivity contribution >= 4 is 15.9 Å². The molecule has 8 heteroatoms. The third-order valence-corrected chi connectivity index (χ3v) is 6.31. The summed E-state index contributed by atoms with van der Waals surface area (Å²) in [6.07, 6.45) is 1.82. The Morgan fingerprint density at radius 3 is 2.92 bits per heavy atom. The predicted octanol–water partition coefficient (Wildman–Crippen LogP) is 1.24. The van der Waals surface area contributed by atoms with Gasteiger partial charge in [-0.05, 0) is 37.0 Å². The Kier molecular flexibility index (Phi) is 4.96. The number of amides is 1. The van der Waals surface area contributed by atoms with Crippen LogP contribution in [0.1, 0.15) is 31.7 Å². The summed E-state index contributed by atoms with van der Waals surface area (Å²) in [5.41, 5.74) is 0.883. The molecule has 7 nitrogen and oxygen atoms in total. The molecule has 0 radical (unpaired) electrons. The lowest BCUT2D eigenvalue weighted by atomic mass is 10.2. The second-order valence-corrected chi connectivity index (χ2v) is 8.03. The molecule has 1 amide bonds. The van der Waals surface area contributed by atoms with Crippen molar-refractivity contribution in [3.8, 4) is 11.5 Å². The van der Waals surface area contributed by atoms with Crippen LogP contribution < -0.4 is 14.8 Å². The molecular formula is C16H22N2O5S. The van der Waals surface area contributed by atoms with Crippen molar-refractivity contribution in [1.29, 1.82) is 0 Å². The molecule has 1 saturated heterocycles. The topological polar surface area (TPSA) is 84.9 Å². The summed E-state index contributed by atoms with van der Waals surface area (Å²) in [6.45, 7) is 2.78. The molecule has 0 aliphatic carbocycles. The Bertz CT molecular complexity index is 719. The second kappa shape index (κ2) is 6.98. The highest BCUT2D eigenvalue weighted by atomic mass is 32.2. The van der Waals surface area contributed by atoms with E-state index in [1.807, 2.05) is 19.1 Å². The zero-order valence-corrected chi connectivity index (χ0v) is 14.5. The van der Waals surface area contributed by atoms with Gasteiger partial charge in [-0.15, -0.1) is 0 Å². The van der Waals surface area contributed by atoms with Gasteiger partial charge < -0.3 is 14.8 Å². The summed E-state index contributed by atoms with van der Waals surface area (Å²) in [5.74, 6) is 1.19. The quantitative estimate of drug-likeness (QED) is 0.831. The van der Waals surface area contributed by atoms with Crippen molar-refractivity contribution in [2.24, 2.45) is 0 Å². The van der Waals surface area contributed by atoms with E-state index in [1.165, 1.54) is 4.31 Å². The number of sulfonamides is 1. The molecule has 1 fully saturated rings. The molecule has 0 unspecified atom stereocenters. The van der Waals surface area contributed by atoms with Crippen LogP contribution in [0.4, 0.5) is 0 Å². The molecule has 1 N–H and O–H groups in total. The highest BCUT2D eigenvalue weighted by Gasteiger charge is 2.37. The number of fused-ring (bicyclic) bond motifs is 1. The maximum atomic E-state index is 12.4. The average molecular weight is 354 g/mol. The normalized spacial score (nSPS) is 20.3. The van der Waals surface area contributed by atoms with Crippen molar-refractivity contribution in [1.82, 2.24) is 9.62 Å². The van der Waals surface area contributed by atoms with E-state index in [1.54, 1.807) is 6.07 Å². The Hall–Kier alpha value is -1.80. The highest BCUT2D eigenvalue weighted by molar-refractivity contribution is 7.89. The number of ether oxygens (including phenoxy) is 2. The molecule has 1 aromatic rings. The molecule has 2 heterocycles. The van der Waals surface area contributed by atoms with Crippen LogP contribution in [0.3, 0.4) is 0 Å². The van der Waals surface area contributed by atoms with Crippen LogP contribution in [0.25, 0.3) is 0 Å². The standard InChI is InChI=1S/C16H22N2O5S/c1-2-8-24(20,21)18-7-3-4-13(18)16(19)17-10-12-5-6-14-15(9-12)23-11-22-14/h5-6,9,13H,2-4,7-8,10-11H2,1H3,(H,17,19)/t13-/m1/s1. The molecule has 1 aromatic carbocycles. The Labute approximate surface area is 142 Å². The first-order valence-corrected chi connectivity index (χ1v) is 9.78. The SMILES string of the molecule is CCCS(=O)(=O)N1CCC[C@@H]1C(=O)NCc1ccc2c(c1)OCO2. The van der Waals surface area contributed by atoms with Gasteiger partial charge in [0.25, 0.3) is 0 Å². The number of rotatable bonds is 6. The number of hydrogen-bond donors (Lipinski definition) is 1. The van der Waals surface area contributed by atoms with Gasteiger partial charge in [-0.3, -0.25) is 4.79 Å². The summed E-state index contributed by atoms with van der Waals surface area (Å²) in [7, 11) is -3.36. The van der Waals surface area contributed by atoms with E-state index in [-0.39, 0.29) is 18.5 Å². The molecule has 0 spiro atoms. The molecular weight excluding hydrogens is 332 g/mol. The maximum Gasteiger partial charge on any atom is 0.238 e. The average Bonchev–Trinajstić information content (AvgIpc) is 3.21. The number of nitrogens with one attached hydrogen (secondary N) is 1. The largest absolute Gasteiger partial charge is 0.454 e. The van der Waals surface area contributed by atoms with E-state index in [9.17, 15) is 13.2 Å². The van der Waals surface area contributed by atoms with Gasteiger partial charge in [-0.1, -0.05) is 13.0 Å². The molecule has 0 bridgehead atoms. The fourth-order valence-corrected chi connectivity index (χ4v) is 4.81. The monoisotopic (exact) mass is 354 g/mol. The van der Waals surface area contributed by atoms with Crippen LogP contribution in [0, 0.1) is 0 Å². The lowest BCUT2D eigenvalue weighted by molar-refractivity contribution is -0.124. The molecule has 2 aliphatic rings. The van der Waals surface area contributed by atoms with Gasteiger partial charge in [0, 0.05) is 13.1 Å². The zero-order chi connectivity index (χ0) is 17.2. The first-order valence-electron chi connectivity index (χ1n) is 8.17. The summed E-state index contributed by atoms with van der Waals surface area (Å²) in [4.78, 5) is 12.4.